The molecule has 1 saturated carbocycles. The first-order valence-corrected chi connectivity index (χ1v) is 12.1. The van der Waals surface area contributed by atoms with Crippen LogP contribution in [0.3, 0.4) is 0 Å². The normalized spacial score (nSPS) is 17.9. The minimum absolute atomic E-state index is 0.316. The van der Waals surface area contributed by atoms with Gasteiger partial charge in [-0.25, -0.2) is 19.3 Å². The topological polar surface area (TPSA) is 65.7 Å². The van der Waals surface area contributed by atoms with Crippen molar-refractivity contribution in [3.05, 3.63) is 70.5 Å². The Bertz CT molecular complexity index is 1310. The van der Waals surface area contributed by atoms with Crippen LogP contribution in [0.25, 0.3) is 22.4 Å². The minimum atomic E-state index is -0.402. The summed E-state index contributed by atoms with van der Waals surface area (Å²) in [5.74, 6) is -0.402. The number of halogens is 2. The standard InChI is InChI=1S/C15H11ClFN3.C11H16N2O/c1-8-9(2)19-15-14(18-8)6-5-13(20-15)11-4-3-10(16)7-12(11)17;1-2-6-14-11(3-1)9-7-12-13(8-9)10-4-5-10/h3-7H,1-2H3;7-8,10-11H,1-6H2. The number of nitrogens with zero attached hydrogens (tertiary/aromatic N) is 5. The van der Waals surface area contributed by atoms with Gasteiger partial charge in [-0.2, -0.15) is 5.10 Å². The van der Waals surface area contributed by atoms with Crippen LogP contribution in [0.5, 0.6) is 0 Å². The van der Waals surface area contributed by atoms with Crippen LogP contribution in [0, 0.1) is 19.7 Å². The van der Waals surface area contributed by atoms with Gasteiger partial charge in [0.15, 0.2) is 5.65 Å². The van der Waals surface area contributed by atoms with Crippen LogP contribution in [0.2, 0.25) is 5.02 Å². The molecule has 1 saturated heterocycles. The van der Waals surface area contributed by atoms with Crippen LogP contribution in [0.1, 0.15) is 61.2 Å². The van der Waals surface area contributed by atoms with Gasteiger partial charge in [-0.3, -0.25) is 4.68 Å². The second-order valence-corrected chi connectivity index (χ2v) is 9.33. The van der Waals surface area contributed by atoms with E-state index in [9.17, 15) is 4.39 Å². The first-order valence-electron chi connectivity index (χ1n) is 11.7. The molecular weight excluding hydrogens is 453 g/mol. The van der Waals surface area contributed by atoms with Crippen molar-refractivity contribution in [2.75, 3.05) is 6.61 Å². The fourth-order valence-electron chi connectivity index (χ4n) is 4.02. The quantitative estimate of drug-likeness (QED) is 0.333. The van der Waals surface area contributed by atoms with Crippen LogP contribution < -0.4 is 0 Å². The van der Waals surface area contributed by atoms with E-state index in [4.69, 9.17) is 16.3 Å². The van der Waals surface area contributed by atoms with Crippen LogP contribution >= 0.6 is 11.6 Å². The summed E-state index contributed by atoms with van der Waals surface area (Å²) in [4.78, 5) is 13.2. The van der Waals surface area contributed by atoms with Crippen molar-refractivity contribution in [2.45, 2.75) is 58.1 Å². The molecule has 1 aliphatic heterocycles. The van der Waals surface area contributed by atoms with Crippen molar-refractivity contribution >= 4 is 22.8 Å². The van der Waals surface area contributed by atoms with E-state index in [-0.39, 0.29) is 0 Å². The summed E-state index contributed by atoms with van der Waals surface area (Å²) in [5, 5.41) is 4.75. The van der Waals surface area contributed by atoms with Crippen LogP contribution in [-0.2, 0) is 4.74 Å². The molecule has 1 aromatic carbocycles. The first kappa shape index (κ1) is 22.9. The highest BCUT2D eigenvalue weighted by atomic mass is 35.5. The summed E-state index contributed by atoms with van der Waals surface area (Å²) < 4.78 is 21.7. The second-order valence-electron chi connectivity index (χ2n) is 8.90. The molecule has 0 N–H and O–H groups in total. The number of fused-ring (bicyclic) bond motifs is 1. The highest BCUT2D eigenvalue weighted by Gasteiger charge is 2.26. The van der Waals surface area contributed by atoms with Gasteiger partial charge in [0.05, 0.1) is 35.4 Å². The number of hydrogen-bond acceptors (Lipinski definition) is 5. The van der Waals surface area contributed by atoms with Gasteiger partial charge in [-0.1, -0.05) is 11.6 Å². The van der Waals surface area contributed by atoms with Crippen molar-refractivity contribution in [1.29, 1.82) is 0 Å². The van der Waals surface area contributed by atoms with Crippen LogP contribution in [0.4, 0.5) is 4.39 Å². The number of rotatable bonds is 3. The fraction of sp³-hybridized carbons (Fsp3) is 0.385. The predicted molar refractivity (Wildman–Crippen MR) is 130 cm³/mol. The zero-order valence-electron chi connectivity index (χ0n) is 19.3. The molecule has 2 fully saturated rings. The molecule has 6 nitrogen and oxygen atoms in total. The van der Waals surface area contributed by atoms with Crippen molar-refractivity contribution in [2.24, 2.45) is 0 Å². The highest BCUT2D eigenvalue weighted by molar-refractivity contribution is 6.30. The van der Waals surface area contributed by atoms with Gasteiger partial charge in [0, 0.05) is 29.0 Å². The van der Waals surface area contributed by atoms with E-state index in [0.717, 1.165) is 24.4 Å². The number of ether oxygens (including phenoxy) is 1. The first-order chi connectivity index (χ1) is 16.5. The Balaban J connectivity index is 0.000000150. The van der Waals surface area contributed by atoms with E-state index >= 15 is 0 Å². The van der Waals surface area contributed by atoms with Gasteiger partial charge in [-0.15, -0.1) is 0 Å². The third kappa shape index (κ3) is 5.10. The molecule has 0 bridgehead atoms. The molecular formula is C26H27ClFN5O. The Morgan fingerprint density at radius 2 is 1.82 bits per heavy atom. The van der Waals surface area contributed by atoms with Gasteiger partial charge in [0.25, 0.3) is 0 Å². The van der Waals surface area contributed by atoms with Crippen molar-refractivity contribution in [3.8, 4) is 11.3 Å². The summed E-state index contributed by atoms with van der Waals surface area (Å²) >= 11 is 5.75. The summed E-state index contributed by atoms with van der Waals surface area (Å²) in [5.41, 5.74) is 5.09. The lowest BCUT2D eigenvalue weighted by Crippen LogP contribution is -2.10. The Morgan fingerprint density at radius 1 is 1.00 bits per heavy atom. The summed E-state index contributed by atoms with van der Waals surface area (Å²) in [6.07, 6.45) is 10.7. The molecule has 1 aliphatic carbocycles. The van der Waals surface area contributed by atoms with E-state index in [1.165, 1.54) is 37.3 Å². The monoisotopic (exact) mass is 479 g/mol. The largest absolute Gasteiger partial charge is 0.373 e. The summed E-state index contributed by atoms with van der Waals surface area (Å²) in [6, 6.07) is 8.74. The fourth-order valence-corrected chi connectivity index (χ4v) is 4.18. The van der Waals surface area contributed by atoms with Gasteiger partial charge in [-0.05, 0) is 76.3 Å². The van der Waals surface area contributed by atoms with Gasteiger partial charge < -0.3 is 4.74 Å². The van der Waals surface area contributed by atoms with Crippen molar-refractivity contribution < 1.29 is 9.13 Å². The third-order valence-electron chi connectivity index (χ3n) is 6.24. The number of aromatic nitrogens is 5. The van der Waals surface area contributed by atoms with Crippen molar-refractivity contribution in [1.82, 2.24) is 24.7 Å². The van der Waals surface area contributed by atoms with Crippen molar-refractivity contribution in [3.63, 3.8) is 0 Å². The maximum Gasteiger partial charge on any atom is 0.179 e. The molecule has 1 unspecified atom stereocenters. The van der Waals surface area contributed by atoms with Crippen LogP contribution in [0.15, 0.2) is 42.7 Å². The second kappa shape index (κ2) is 9.76. The van der Waals surface area contributed by atoms with E-state index in [0.29, 0.717) is 39.6 Å². The lowest BCUT2D eigenvalue weighted by atomic mass is 10.0. The number of aryl methyl sites for hydroxylation is 2. The molecule has 176 valence electrons. The van der Waals surface area contributed by atoms with Crippen LogP contribution in [-0.4, -0.2) is 31.3 Å². The number of benzene rings is 1. The molecule has 3 aromatic heterocycles. The van der Waals surface area contributed by atoms with Gasteiger partial charge in [0.2, 0.25) is 0 Å². The highest BCUT2D eigenvalue weighted by Crippen LogP contribution is 2.35. The Kier molecular flexibility index (Phi) is 6.57. The lowest BCUT2D eigenvalue weighted by Gasteiger charge is -2.21. The number of pyridine rings is 1. The molecule has 4 heterocycles. The molecule has 4 aromatic rings. The smallest absolute Gasteiger partial charge is 0.179 e. The van der Waals surface area contributed by atoms with E-state index in [1.807, 2.05) is 20.0 Å². The zero-order chi connectivity index (χ0) is 23.7. The maximum absolute atomic E-state index is 13.9. The SMILES string of the molecule is Cc1nc2ccc(-c3ccc(Cl)cc3F)nc2nc1C.c1nn(C2CC2)cc1C1CCCCO1. The minimum Gasteiger partial charge on any atom is -0.373 e. The maximum atomic E-state index is 13.9. The molecule has 2 aliphatic rings. The molecule has 34 heavy (non-hydrogen) atoms. The molecule has 1 atom stereocenters. The molecule has 0 radical (unpaired) electrons. The Hall–Kier alpha value is -2.90. The third-order valence-corrected chi connectivity index (χ3v) is 6.48. The van der Waals surface area contributed by atoms with E-state index in [2.05, 4.69) is 30.9 Å². The molecule has 8 heteroatoms. The average Bonchev–Trinajstić information content (AvgIpc) is 3.57. The van der Waals surface area contributed by atoms with Gasteiger partial charge in [0.1, 0.15) is 11.3 Å². The average molecular weight is 480 g/mol. The lowest BCUT2D eigenvalue weighted by molar-refractivity contribution is 0.0149. The van der Waals surface area contributed by atoms with E-state index < -0.39 is 5.82 Å². The van der Waals surface area contributed by atoms with Gasteiger partial charge >= 0.3 is 0 Å². The van der Waals surface area contributed by atoms with E-state index in [1.54, 1.807) is 24.3 Å². The zero-order valence-corrected chi connectivity index (χ0v) is 20.1. The summed E-state index contributed by atoms with van der Waals surface area (Å²) in [7, 11) is 0. The predicted octanol–water partition coefficient (Wildman–Crippen LogP) is 6.56. The summed E-state index contributed by atoms with van der Waals surface area (Å²) in [6.45, 7) is 4.69. The molecule has 0 amide bonds. The molecule has 6 rings (SSSR count). The number of hydrogen-bond donors (Lipinski definition) is 0. The molecule has 0 spiro atoms. The Labute approximate surface area is 203 Å². The Morgan fingerprint density at radius 3 is 2.56 bits per heavy atom.